The van der Waals surface area contributed by atoms with Gasteiger partial charge in [0.1, 0.15) is 17.3 Å². The minimum Gasteiger partial charge on any atom is -0.507 e. The van der Waals surface area contributed by atoms with Gasteiger partial charge in [0.15, 0.2) is 0 Å². The fourth-order valence-electron chi connectivity index (χ4n) is 3.90. The van der Waals surface area contributed by atoms with Gasteiger partial charge in [-0.15, -0.1) is 0 Å². The van der Waals surface area contributed by atoms with E-state index in [-0.39, 0.29) is 11.3 Å². The van der Waals surface area contributed by atoms with E-state index >= 15 is 0 Å². The van der Waals surface area contributed by atoms with E-state index in [1.807, 2.05) is 25.1 Å². The summed E-state index contributed by atoms with van der Waals surface area (Å²) in [5.41, 5.74) is 2.62. The lowest BCUT2D eigenvalue weighted by Gasteiger charge is -2.26. The summed E-state index contributed by atoms with van der Waals surface area (Å²) in [6.45, 7) is 1.92. The number of hydrogen-bond donors (Lipinski definition) is 1. The molecular formula is C26H23NO5. The first-order valence-corrected chi connectivity index (χ1v) is 10.1. The highest BCUT2D eigenvalue weighted by Crippen LogP contribution is 2.42. The van der Waals surface area contributed by atoms with Crippen LogP contribution in [0.3, 0.4) is 0 Å². The van der Waals surface area contributed by atoms with Crippen LogP contribution in [0.15, 0.2) is 78.4 Å². The van der Waals surface area contributed by atoms with Gasteiger partial charge < -0.3 is 14.6 Å². The lowest BCUT2D eigenvalue weighted by molar-refractivity contribution is -0.132. The zero-order chi connectivity index (χ0) is 22.8. The predicted molar refractivity (Wildman–Crippen MR) is 122 cm³/mol. The van der Waals surface area contributed by atoms with Crippen LogP contribution in [0.1, 0.15) is 22.7 Å². The van der Waals surface area contributed by atoms with Crippen LogP contribution >= 0.6 is 0 Å². The van der Waals surface area contributed by atoms with E-state index in [4.69, 9.17) is 9.47 Å². The highest BCUT2D eigenvalue weighted by Gasteiger charge is 2.47. The number of aliphatic hydroxyl groups is 1. The number of methoxy groups -OCH3 is 2. The third-order valence-corrected chi connectivity index (χ3v) is 5.50. The topological polar surface area (TPSA) is 76.1 Å². The molecule has 162 valence electrons. The summed E-state index contributed by atoms with van der Waals surface area (Å²) in [5, 5.41) is 11.2. The van der Waals surface area contributed by atoms with Crippen molar-refractivity contribution in [2.45, 2.75) is 13.0 Å². The highest BCUT2D eigenvalue weighted by atomic mass is 16.5. The van der Waals surface area contributed by atoms with Gasteiger partial charge >= 0.3 is 0 Å². The molecule has 1 fully saturated rings. The van der Waals surface area contributed by atoms with Gasteiger partial charge in [-0.25, -0.2) is 0 Å². The Morgan fingerprint density at radius 1 is 0.875 bits per heavy atom. The molecule has 3 aromatic carbocycles. The van der Waals surface area contributed by atoms with Crippen molar-refractivity contribution >= 4 is 23.1 Å². The van der Waals surface area contributed by atoms with E-state index in [1.165, 1.54) is 12.0 Å². The van der Waals surface area contributed by atoms with Gasteiger partial charge in [0, 0.05) is 11.3 Å². The Kier molecular flexibility index (Phi) is 5.69. The summed E-state index contributed by atoms with van der Waals surface area (Å²) in [7, 11) is 3.09. The maximum Gasteiger partial charge on any atom is 0.300 e. The van der Waals surface area contributed by atoms with Crippen LogP contribution in [0.4, 0.5) is 5.69 Å². The smallest absolute Gasteiger partial charge is 0.300 e. The van der Waals surface area contributed by atoms with E-state index in [9.17, 15) is 14.7 Å². The maximum atomic E-state index is 13.2. The molecule has 0 aliphatic carbocycles. The van der Waals surface area contributed by atoms with Crippen LogP contribution in [0, 0.1) is 6.92 Å². The van der Waals surface area contributed by atoms with Gasteiger partial charge in [0.2, 0.25) is 0 Å². The molecule has 0 bridgehead atoms. The molecule has 1 atom stereocenters. The van der Waals surface area contributed by atoms with Gasteiger partial charge in [0.05, 0.1) is 25.8 Å². The average molecular weight is 429 g/mol. The molecule has 4 rings (SSSR count). The van der Waals surface area contributed by atoms with E-state index in [0.29, 0.717) is 28.3 Å². The van der Waals surface area contributed by atoms with Crippen LogP contribution in [-0.4, -0.2) is 31.0 Å². The second-order valence-electron chi connectivity index (χ2n) is 7.51. The number of rotatable bonds is 5. The summed E-state index contributed by atoms with van der Waals surface area (Å²) in [5.74, 6) is -0.510. The Balaban J connectivity index is 1.94. The average Bonchev–Trinajstić information content (AvgIpc) is 3.09. The summed E-state index contributed by atoms with van der Waals surface area (Å²) in [6, 6.07) is 20.4. The number of anilines is 1. The lowest BCUT2D eigenvalue weighted by atomic mass is 9.95. The van der Waals surface area contributed by atoms with Crippen LogP contribution in [0.5, 0.6) is 11.5 Å². The molecule has 32 heavy (non-hydrogen) atoms. The molecule has 1 N–H and O–H groups in total. The molecule has 1 unspecified atom stereocenters. The van der Waals surface area contributed by atoms with E-state index in [0.717, 1.165) is 5.56 Å². The van der Waals surface area contributed by atoms with E-state index in [1.54, 1.807) is 61.7 Å². The quantitative estimate of drug-likeness (QED) is 0.363. The summed E-state index contributed by atoms with van der Waals surface area (Å²) in [6.07, 6.45) is 0. The zero-order valence-electron chi connectivity index (χ0n) is 18.0. The minimum atomic E-state index is -0.797. The SMILES string of the molecule is COc1ccc(C2/C(=C(\O)c3cccc(OC)c3)C(=O)C(=O)N2c2cccc(C)c2)cc1. The van der Waals surface area contributed by atoms with Crippen LogP contribution in [0.25, 0.3) is 5.76 Å². The van der Waals surface area contributed by atoms with Gasteiger partial charge in [-0.05, 0) is 54.4 Å². The summed E-state index contributed by atoms with van der Waals surface area (Å²) >= 11 is 0. The maximum absolute atomic E-state index is 13.2. The van der Waals surface area contributed by atoms with Crippen molar-refractivity contribution in [1.82, 2.24) is 0 Å². The second-order valence-corrected chi connectivity index (χ2v) is 7.51. The number of ketones is 1. The first-order chi connectivity index (χ1) is 15.4. The molecular weight excluding hydrogens is 406 g/mol. The molecule has 1 amide bonds. The molecule has 1 saturated heterocycles. The van der Waals surface area contributed by atoms with Crippen LogP contribution in [-0.2, 0) is 9.59 Å². The Morgan fingerprint density at radius 3 is 2.22 bits per heavy atom. The number of benzene rings is 3. The number of aryl methyl sites for hydroxylation is 1. The number of amides is 1. The van der Waals surface area contributed by atoms with Crippen molar-refractivity contribution in [3.8, 4) is 11.5 Å². The third-order valence-electron chi connectivity index (χ3n) is 5.50. The molecule has 1 heterocycles. The predicted octanol–water partition coefficient (Wildman–Crippen LogP) is 4.64. The molecule has 1 aliphatic heterocycles. The van der Waals surface area contributed by atoms with Crippen molar-refractivity contribution in [3.05, 3.63) is 95.1 Å². The number of carbonyl (C=O) groups is 2. The van der Waals surface area contributed by atoms with Crippen molar-refractivity contribution in [2.24, 2.45) is 0 Å². The van der Waals surface area contributed by atoms with E-state index in [2.05, 4.69) is 0 Å². The fourth-order valence-corrected chi connectivity index (χ4v) is 3.90. The second kappa shape index (κ2) is 8.59. The summed E-state index contributed by atoms with van der Waals surface area (Å²) < 4.78 is 10.5. The standard InChI is InChI=1S/C26H23NO5/c1-16-6-4-8-19(14-16)27-23(17-10-12-20(31-2)13-11-17)22(25(29)26(27)30)24(28)18-7-5-9-21(15-18)32-3/h4-15,23,28H,1-3H3/b24-22+. The number of nitrogens with zero attached hydrogens (tertiary/aromatic N) is 1. The molecule has 6 heteroatoms. The Bertz CT molecular complexity index is 1210. The molecule has 0 spiro atoms. The Hall–Kier alpha value is -4.06. The third kappa shape index (κ3) is 3.71. The monoisotopic (exact) mass is 429 g/mol. The Labute approximate surface area is 186 Å². The molecule has 0 saturated carbocycles. The molecule has 3 aromatic rings. The van der Waals surface area contributed by atoms with Crippen LogP contribution in [0.2, 0.25) is 0 Å². The zero-order valence-corrected chi connectivity index (χ0v) is 18.0. The number of carbonyl (C=O) groups excluding carboxylic acids is 2. The number of aliphatic hydroxyl groups excluding tert-OH is 1. The normalized spacial score (nSPS) is 17.5. The van der Waals surface area contributed by atoms with Crippen molar-refractivity contribution in [2.75, 3.05) is 19.1 Å². The minimum absolute atomic E-state index is 0.0231. The summed E-state index contributed by atoms with van der Waals surface area (Å²) in [4.78, 5) is 27.8. The van der Waals surface area contributed by atoms with Crippen molar-refractivity contribution < 1.29 is 24.2 Å². The fraction of sp³-hybridized carbons (Fsp3) is 0.154. The first kappa shape index (κ1) is 21.2. The molecule has 1 aliphatic rings. The lowest BCUT2D eigenvalue weighted by Crippen LogP contribution is -2.29. The number of Topliss-reactive ketones (excluding diaryl/α,β-unsaturated/α-hetero) is 1. The van der Waals surface area contributed by atoms with E-state index < -0.39 is 17.7 Å². The van der Waals surface area contributed by atoms with Crippen molar-refractivity contribution in [3.63, 3.8) is 0 Å². The van der Waals surface area contributed by atoms with Gasteiger partial charge in [-0.1, -0.05) is 36.4 Å². The van der Waals surface area contributed by atoms with Gasteiger partial charge in [0.25, 0.3) is 11.7 Å². The van der Waals surface area contributed by atoms with Crippen LogP contribution < -0.4 is 14.4 Å². The molecule has 0 aromatic heterocycles. The van der Waals surface area contributed by atoms with Gasteiger partial charge in [-0.2, -0.15) is 0 Å². The first-order valence-electron chi connectivity index (χ1n) is 10.1. The van der Waals surface area contributed by atoms with Crippen molar-refractivity contribution in [1.29, 1.82) is 0 Å². The molecule has 0 radical (unpaired) electrons. The van der Waals surface area contributed by atoms with Gasteiger partial charge in [-0.3, -0.25) is 14.5 Å². The highest BCUT2D eigenvalue weighted by molar-refractivity contribution is 6.51. The number of ether oxygens (including phenoxy) is 2. The Morgan fingerprint density at radius 2 is 1.56 bits per heavy atom. The number of hydrogen-bond acceptors (Lipinski definition) is 5. The molecule has 6 nitrogen and oxygen atoms in total. The largest absolute Gasteiger partial charge is 0.507 e.